The maximum atomic E-state index is 10.6. The van der Waals surface area contributed by atoms with Gasteiger partial charge in [-0.25, -0.2) is 4.98 Å². The van der Waals surface area contributed by atoms with Crippen LogP contribution in [0, 0.1) is 10.1 Å². The minimum atomic E-state index is -0.444. The molecule has 0 saturated carbocycles. The van der Waals surface area contributed by atoms with Crippen molar-refractivity contribution in [1.82, 2.24) is 4.98 Å². The van der Waals surface area contributed by atoms with Crippen LogP contribution in [0.5, 0.6) is 0 Å². The molecule has 6 nitrogen and oxygen atoms in total. The molecule has 20 heavy (non-hydrogen) atoms. The molecule has 0 radical (unpaired) electrons. The van der Waals surface area contributed by atoms with E-state index in [2.05, 4.69) is 16.0 Å². The fourth-order valence-electron chi connectivity index (χ4n) is 2.48. The zero-order chi connectivity index (χ0) is 14.1. The van der Waals surface area contributed by atoms with Crippen LogP contribution in [0.25, 0.3) is 0 Å². The number of pyridine rings is 1. The molecule has 1 aliphatic rings. The molecule has 2 heterocycles. The van der Waals surface area contributed by atoms with E-state index in [-0.39, 0.29) is 5.69 Å². The molecular weight excluding hydrogens is 256 g/mol. The van der Waals surface area contributed by atoms with Gasteiger partial charge in [0, 0.05) is 24.8 Å². The second-order valence-corrected chi connectivity index (χ2v) is 4.79. The summed E-state index contributed by atoms with van der Waals surface area (Å²) in [7, 11) is 0. The van der Waals surface area contributed by atoms with Crippen LogP contribution >= 0.6 is 0 Å². The molecule has 0 unspecified atom stereocenters. The van der Waals surface area contributed by atoms with Gasteiger partial charge in [-0.15, -0.1) is 0 Å². The lowest BCUT2D eigenvalue weighted by molar-refractivity contribution is -0.385. The Bertz CT molecular complexity index is 655. The summed E-state index contributed by atoms with van der Waals surface area (Å²) in [5, 5.41) is 10.6. The van der Waals surface area contributed by atoms with E-state index in [9.17, 15) is 10.1 Å². The topological polar surface area (TPSA) is 85.3 Å². The van der Waals surface area contributed by atoms with Crippen LogP contribution < -0.4 is 10.6 Å². The van der Waals surface area contributed by atoms with Gasteiger partial charge < -0.3 is 10.6 Å². The molecule has 2 N–H and O–H groups in total. The average Bonchev–Trinajstić information content (AvgIpc) is 2.47. The number of nitro groups is 1. The van der Waals surface area contributed by atoms with Crippen molar-refractivity contribution >= 4 is 17.2 Å². The highest BCUT2D eigenvalue weighted by Gasteiger charge is 2.19. The summed E-state index contributed by atoms with van der Waals surface area (Å²) in [6.07, 6.45) is 2.19. The Morgan fingerprint density at radius 2 is 2.15 bits per heavy atom. The maximum absolute atomic E-state index is 10.6. The first-order chi connectivity index (χ1) is 9.65. The van der Waals surface area contributed by atoms with Crippen LogP contribution in [-0.4, -0.2) is 16.5 Å². The highest BCUT2D eigenvalue weighted by atomic mass is 16.6. The van der Waals surface area contributed by atoms with Crippen LogP contribution in [0.2, 0.25) is 0 Å². The summed E-state index contributed by atoms with van der Waals surface area (Å²) in [6.45, 7) is 1.52. The molecule has 0 bridgehead atoms. The molecule has 0 aliphatic carbocycles. The van der Waals surface area contributed by atoms with Crippen molar-refractivity contribution in [2.45, 2.75) is 13.0 Å². The lowest BCUT2D eigenvalue weighted by Gasteiger charge is -2.30. The molecule has 0 fully saturated rings. The molecular formula is C14H14N4O2. The first-order valence-corrected chi connectivity index (χ1v) is 6.37. The second kappa shape index (κ2) is 4.80. The zero-order valence-electron chi connectivity index (χ0n) is 10.8. The Morgan fingerprint density at radius 1 is 1.30 bits per heavy atom. The number of nitrogens with two attached hydrogens (primary N) is 1. The van der Waals surface area contributed by atoms with Gasteiger partial charge in [0.05, 0.1) is 4.92 Å². The SMILES string of the molecule is Nc1cccc2c1CN(c1ccc([N+](=O)[O-])cn1)CC2. The first-order valence-electron chi connectivity index (χ1n) is 6.37. The molecule has 0 saturated heterocycles. The zero-order valence-corrected chi connectivity index (χ0v) is 10.8. The highest BCUT2D eigenvalue weighted by molar-refractivity contribution is 5.56. The fourth-order valence-corrected chi connectivity index (χ4v) is 2.48. The van der Waals surface area contributed by atoms with E-state index >= 15 is 0 Å². The molecule has 0 spiro atoms. The minimum Gasteiger partial charge on any atom is -0.398 e. The van der Waals surface area contributed by atoms with Crippen LogP contribution in [0.3, 0.4) is 0 Å². The number of aromatic nitrogens is 1. The summed E-state index contributed by atoms with van der Waals surface area (Å²) in [5.41, 5.74) is 9.19. The second-order valence-electron chi connectivity index (χ2n) is 4.79. The van der Waals surface area contributed by atoms with Gasteiger partial charge in [-0.05, 0) is 29.7 Å². The summed E-state index contributed by atoms with van der Waals surface area (Å²) in [6, 6.07) is 9.11. The van der Waals surface area contributed by atoms with E-state index in [0.717, 1.165) is 30.0 Å². The summed E-state index contributed by atoms with van der Waals surface area (Å²) in [5.74, 6) is 0.740. The number of anilines is 2. The lowest BCUT2D eigenvalue weighted by atomic mass is 9.98. The number of fused-ring (bicyclic) bond motifs is 1. The van der Waals surface area contributed by atoms with Gasteiger partial charge in [-0.1, -0.05) is 12.1 Å². The predicted octanol–water partition coefficient (Wildman–Crippen LogP) is 2.13. The highest BCUT2D eigenvalue weighted by Crippen LogP contribution is 2.27. The fraction of sp³-hybridized carbons (Fsp3) is 0.214. The van der Waals surface area contributed by atoms with Gasteiger partial charge in [0.15, 0.2) is 0 Å². The van der Waals surface area contributed by atoms with E-state index in [1.807, 2.05) is 12.1 Å². The monoisotopic (exact) mass is 270 g/mol. The van der Waals surface area contributed by atoms with E-state index in [1.54, 1.807) is 6.07 Å². The van der Waals surface area contributed by atoms with Crippen LogP contribution in [0.15, 0.2) is 36.5 Å². The van der Waals surface area contributed by atoms with E-state index in [1.165, 1.54) is 17.8 Å². The molecule has 1 aromatic heterocycles. The van der Waals surface area contributed by atoms with Crippen molar-refractivity contribution in [1.29, 1.82) is 0 Å². The third kappa shape index (κ3) is 2.16. The van der Waals surface area contributed by atoms with E-state index in [4.69, 9.17) is 5.73 Å². The van der Waals surface area contributed by atoms with Gasteiger partial charge >= 0.3 is 0 Å². The quantitative estimate of drug-likeness (QED) is 0.513. The number of hydrogen-bond donors (Lipinski definition) is 1. The van der Waals surface area contributed by atoms with Gasteiger partial charge in [-0.3, -0.25) is 10.1 Å². The Morgan fingerprint density at radius 3 is 2.85 bits per heavy atom. The largest absolute Gasteiger partial charge is 0.398 e. The summed E-state index contributed by atoms with van der Waals surface area (Å²) >= 11 is 0. The molecule has 3 rings (SSSR count). The standard InChI is InChI=1S/C14H14N4O2/c15-13-3-1-2-10-6-7-17(9-12(10)13)14-5-4-11(8-16-14)18(19)20/h1-5,8H,6-7,9,15H2. The molecule has 0 amide bonds. The van der Waals surface area contributed by atoms with E-state index in [0.29, 0.717) is 6.54 Å². The number of nitrogens with zero attached hydrogens (tertiary/aromatic N) is 3. The molecule has 0 atom stereocenters. The number of rotatable bonds is 2. The van der Waals surface area contributed by atoms with Crippen molar-refractivity contribution in [3.8, 4) is 0 Å². The van der Waals surface area contributed by atoms with E-state index < -0.39 is 4.92 Å². The Balaban J connectivity index is 1.86. The minimum absolute atomic E-state index is 0.00525. The smallest absolute Gasteiger partial charge is 0.287 e. The van der Waals surface area contributed by atoms with Crippen LogP contribution in [0.4, 0.5) is 17.2 Å². The Hall–Kier alpha value is -2.63. The lowest BCUT2D eigenvalue weighted by Crippen LogP contribution is -2.31. The van der Waals surface area contributed by atoms with Gasteiger partial charge in [0.1, 0.15) is 12.0 Å². The Kier molecular flexibility index (Phi) is 2.98. The molecule has 102 valence electrons. The van der Waals surface area contributed by atoms with Gasteiger partial charge in [0.25, 0.3) is 5.69 Å². The van der Waals surface area contributed by atoms with Crippen molar-refractivity contribution in [2.24, 2.45) is 0 Å². The predicted molar refractivity (Wildman–Crippen MR) is 76.5 cm³/mol. The van der Waals surface area contributed by atoms with Crippen LogP contribution in [0.1, 0.15) is 11.1 Å². The molecule has 1 aromatic carbocycles. The maximum Gasteiger partial charge on any atom is 0.287 e. The molecule has 1 aliphatic heterocycles. The molecule has 6 heteroatoms. The molecule has 2 aromatic rings. The summed E-state index contributed by atoms with van der Waals surface area (Å²) < 4.78 is 0. The summed E-state index contributed by atoms with van der Waals surface area (Å²) in [4.78, 5) is 16.4. The number of nitrogen functional groups attached to an aromatic ring is 1. The van der Waals surface area contributed by atoms with Crippen molar-refractivity contribution in [2.75, 3.05) is 17.2 Å². The van der Waals surface area contributed by atoms with Gasteiger partial charge in [-0.2, -0.15) is 0 Å². The van der Waals surface area contributed by atoms with Crippen molar-refractivity contribution in [3.05, 3.63) is 57.8 Å². The van der Waals surface area contributed by atoms with Gasteiger partial charge in [0.2, 0.25) is 0 Å². The Labute approximate surface area is 116 Å². The number of hydrogen-bond acceptors (Lipinski definition) is 5. The van der Waals surface area contributed by atoms with Crippen molar-refractivity contribution in [3.63, 3.8) is 0 Å². The third-order valence-corrected chi connectivity index (χ3v) is 3.58. The van der Waals surface area contributed by atoms with Crippen molar-refractivity contribution < 1.29 is 4.92 Å². The third-order valence-electron chi connectivity index (χ3n) is 3.58. The number of benzene rings is 1. The average molecular weight is 270 g/mol. The first kappa shape index (κ1) is 12.4. The van der Waals surface area contributed by atoms with Crippen LogP contribution in [-0.2, 0) is 13.0 Å². The normalized spacial score (nSPS) is 13.9.